The third-order valence-electron chi connectivity index (χ3n) is 1.35. The van der Waals surface area contributed by atoms with Gasteiger partial charge in [-0.15, -0.1) is 0 Å². The zero-order valence-corrected chi connectivity index (χ0v) is 7.19. The number of aromatic amines is 1. The van der Waals surface area contributed by atoms with E-state index in [9.17, 15) is 14.3 Å². The van der Waals surface area contributed by atoms with E-state index in [1.165, 1.54) is 0 Å². The Kier molecular flexibility index (Phi) is 2.47. The third kappa shape index (κ3) is 2.35. The molecule has 1 rings (SSSR count). The molecule has 7 heteroatoms. The molecule has 70 valence electrons. The second-order valence-corrected chi connectivity index (χ2v) is 3.86. The van der Waals surface area contributed by atoms with E-state index in [1.54, 1.807) is 0 Å². The Morgan fingerprint density at radius 1 is 1.54 bits per heavy atom. The number of carboxylic acid groups (broad SMARTS) is 1. The van der Waals surface area contributed by atoms with Gasteiger partial charge in [-0.1, -0.05) is 0 Å². The van der Waals surface area contributed by atoms with Gasteiger partial charge in [-0.05, 0) is 6.07 Å². The van der Waals surface area contributed by atoms with E-state index < -0.39 is 18.9 Å². The number of nitrogens with one attached hydrogen (secondary N) is 1. The van der Waals surface area contributed by atoms with Gasteiger partial charge in [0.2, 0.25) is 0 Å². The second kappa shape index (κ2) is 3.26. The minimum absolute atomic E-state index is 0.234. The normalized spacial score (nSPS) is 14.9. The Morgan fingerprint density at radius 3 is 2.62 bits per heavy atom. The summed E-state index contributed by atoms with van der Waals surface area (Å²) in [7, 11) is -4.63. The van der Waals surface area contributed by atoms with E-state index in [0.29, 0.717) is 0 Å². The number of carbonyl (C=O) groups is 1. The molecule has 0 radical (unpaired) electrons. The van der Waals surface area contributed by atoms with Crippen LogP contribution >= 0.6 is 7.60 Å². The fraction of sp³-hybridized carbons (Fsp3) is 0. The van der Waals surface area contributed by atoms with Crippen LogP contribution in [0, 0.1) is 0 Å². The molecule has 0 saturated heterocycles. The number of aromatic nitrogens is 1. The molecule has 0 amide bonds. The number of H-pyrrole nitrogens is 1. The van der Waals surface area contributed by atoms with E-state index in [-0.39, 0.29) is 5.56 Å². The maximum atomic E-state index is 10.6. The molecule has 0 fully saturated rings. The average molecular weight is 203 g/mol. The molecule has 1 heterocycles. The summed E-state index contributed by atoms with van der Waals surface area (Å²) in [6.07, 6.45) is 2.11. The number of carboxylic acids is 1. The largest absolute Gasteiger partial charge is 0.775 e. The maximum absolute atomic E-state index is 10.6. The van der Waals surface area contributed by atoms with Crippen molar-refractivity contribution in [2.45, 2.75) is 0 Å². The van der Waals surface area contributed by atoms with Crippen molar-refractivity contribution >= 4 is 18.9 Å². The molecule has 0 spiro atoms. The topological polar surface area (TPSA) is 112 Å². The number of rotatable bonds is 2. The number of hydrogen-bond donors (Lipinski definition) is 2. The van der Waals surface area contributed by atoms with Crippen LogP contribution in [0.4, 0.5) is 0 Å². The molecule has 0 aromatic carbocycles. The minimum atomic E-state index is -4.63. The van der Waals surface area contributed by atoms with Crippen LogP contribution in [-0.2, 0) is 4.57 Å². The highest BCUT2D eigenvalue weighted by Gasteiger charge is 2.14. The van der Waals surface area contributed by atoms with Crippen LogP contribution in [0.1, 0.15) is 10.4 Å². The van der Waals surface area contributed by atoms with E-state index in [2.05, 4.69) is 4.98 Å². The van der Waals surface area contributed by atoms with E-state index in [1.807, 2.05) is 0 Å². The number of hydrogen-bond acceptors (Lipinski definition) is 3. The summed E-state index contributed by atoms with van der Waals surface area (Å²) in [5.41, 5.74) is -0.234. The number of aromatic carboxylic acids is 1. The summed E-state index contributed by atoms with van der Waals surface area (Å²) in [6.45, 7) is 0. The molecule has 1 aromatic rings. The monoisotopic (exact) mass is 203 g/mol. The Hall–Kier alpha value is -1.23. The standard InChI is InChI=1S/C6H6NO5P/c8-6(9)4-1-5(3-7-2-4)13(10,11)12/h1-3H,(H,8,9)(H2,10,11,12). The molecule has 0 aliphatic heterocycles. The summed E-state index contributed by atoms with van der Waals surface area (Å²) in [5.74, 6) is -1.27. The Balaban J connectivity index is 3.21. The highest BCUT2D eigenvalue weighted by atomic mass is 31.2. The fourth-order valence-corrected chi connectivity index (χ4v) is 1.29. The first-order valence-corrected chi connectivity index (χ1v) is 4.78. The van der Waals surface area contributed by atoms with E-state index >= 15 is 0 Å². The Labute approximate surface area is 73.0 Å². The quantitative estimate of drug-likeness (QED) is 0.560. The van der Waals surface area contributed by atoms with Gasteiger partial charge in [-0.25, -0.2) is 9.78 Å². The van der Waals surface area contributed by atoms with Crippen molar-refractivity contribution in [2.75, 3.05) is 0 Å². The Bertz CT molecular complexity index is 384. The van der Waals surface area contributed by atoms with Crippen LogP contribution in [0.5, 0.6) is 0 Å². The van der Waals surface area contributed by atoms with Gasteiger partial charge in [0.25, 0.3) is 0 Å². The summed E-state index contributed by atoms with van der Waals surface area (Å²) < 4.78 is 10.6. The van der Waals surface area contributed by atoms with E-state index in [4.69, 9.17) is 10.00 Å². The van der Waals surface area contributed by atoms with Crippen LogP contribution in [0.25, 0.3) is 0 Å². The SMILES string of the molecule is O=C(O)c1c[nH+]cc(P(=O)([O-])O)c1. The average Bonchev–Trinajstić information content (AvgIpc) is 2.03. The van der Waals surface area contributed by atoms with Crippen molar-refractivity contribution in [1.82, 2.24) is 0 Å². The van der Waals surface area contributed by atoms with Gasteiger partial charge in [-0.2, -0.15) is 0 Å². The highest BCUT2D eigenvalue weighted by molar-refractivity contribution is 7.58. The first-order chi connectivity index (χ1) is 5.91. The van der Waals surface area contributed by atoms with Crippen LogP contribution in [0.15, 0.2) is 18.5 Å². The van der Waals surface area contributed by atoms with E-state index in [0.717, 1.165) is 18.5 Å². The first-order valence-electron chi connectivity index (χ1n) is 3.20. The molecule has 1 atom stereocenters. The van der Waals surface area contributed by atoms with Gasteiger partial charge in [0.15, 0.2) is 20.0 Å². The van der Waals surface area contributed by atoms with Gasteiger partial charge < -0.3 is 19.5 Å². The van der Waals surface area contributed by atoms with Crippen molar-refractivity contribution in [1.29, 1.82) is 0 Å². The van der Waals surface area contributed by atoms with Gasteiger partial charge in [-0.3, -0.25) is 0 Å². The second-order valence-electron chi connectivity index (χ2n) is 2.31. The van der Waals surface area contributed by atoms with Crippen molar-refractivity contribution in [2.24, 2.45) is 0 Å². The molecule has 3 N–H and O–H groups in total. The maximum Gasteiger partial charge on any atom is 0.341 e. The molecular formula is C6H6NO5P. The molecule has 1 aromatic heterocycles. The molecule has 6 nitrogen and oxygen atoms in total. The van der Waals surface area contributed by atoms with Crippen LogP contribution in [-0.4, -0.2) is 16.0 Å². The van der Waals surface area contributed by atoms with Crippen LogP contribution < -0.4 is 15.2 Å². The third-order valence-corrected chi connectivity index (χ3v) is 2.26. The smallest absolute Gasteiger partial charge is 0.341 e. The van der Waals surface area contributed by atoms with Gasteiger partial charge in [0.1, 0.15) is 5.56 Å². The molecular weight excluding hydrogens is 197 g/mol. The minimum Gasteiger partial charge on any atom is -0.775 e. The van der Waals surface area contributed by atoms with Crippen molar-refractivity contribution in [3.8, 4) is 0 Å². The first kappa shape index (κ1) is 9.85. The molecule has 0 saturated carbocycles. The predicted octanol–water partition coefficient (Wildman–Crippen LogP) is -1.63. The lowest BCUT2D eigenvalue weighted by Gasteiger charge is -2.12. The number of pyridine rings is 1. The molecule has 0 aliphatic carbocycles. The summed E-state index contributed by atoms with van der Waals surface area (Å²) in [6, 6.07) is 0.868. The van der Waals surface area contributed by atoms with Crippen LogP contribution in [0.2, 0.25) is 0 Å². The summed E-state index contributed by atoms with van der Waals surface area (Å²) >= 11 is 0. The van der Waals surface area contributed by atoms with Gasteiger partial charge >= 0.3 is 5.97 Å². The molecule has 1 unspecified atom stereocenters. The Morgan fingerprint density at radius 2 is 2.15 bits per heavy atom. The molecule has 13 heavy (non-hydrogen) atoms. The van der Waals surface area contributed by atoms with Crippen molar-refractivity contribution < 1.29 is 29.2 Å². The van der Waals surface area contributed by atoms with Gasteiger partial charge in [0, 0.05) is 0 Å². The molecule has 0 bridgehead atoms. The van der Waals surface area contributed by atoms with Crippen LogP contribution in [0.3, 0.4) is 0 Å². The lowest BCUT2D eigenvalue weighted by molar-refractivity contribution is -0.377. The zero-order valence-electron chi connectivity index (χ0n) is 6.30. The summed E-state index contributed by atoms with van der Waals surface area (Å²) in [5, 5.41) is 8.03. The zero-order chi connectivity index (χ0) is 10.1. The predicted molar refractivity (Wildman–Crippen MR) is 39.4 cm³/mol. The van der Waals surface area contributed by atoms with Crippen molar-refractivity contribution in [3.63, 3.8) is 0 Å². The molecule has 0 aliphatic rings. The van der Waals surface area contributed by atoms with Gasteiger partial charge in [0.05, 0.1) is 5.30 Å². The fourth-order valence-electron chi connectivity index (χ4n) is 0.746. The highest BCUT2D eigenvalue weighted by Crippen LogP contribution is 2.26. The lowest BCUT2D eigenvalue weighted by Crippen LogP contribution is -2.22. The van der Waals surface area contributed by atoms with Crippen molar-refractivity contribution in [3.05, 3.63) is 24.0 Å². The lowest BCUT2D eigenvalue weighted by atomic mass is 10.3. The summed E-state index contributed by atoms with van der Waals surface area (Å²) in [4.78, 5) is 31.9.